The van der Waals surface area contributed by atoms with Gasteiger partial charge in [-0.05, 0) is 48.7 Å². The number of nitrogens with zero attached hydrogens (tertiary/aromatic N) is 2. The van der Waals surface area contributed by atoms with Crippen molar-refractivity contribution in [2.75, 3.05) is 23.3 Å². The minimum absolute atomic E-state index is 0.238. The molecule has 7 heteroatoms. The number of nitrogens with one attached hydrogen (secondary N) is 1. The quantitative estimate of drug-likeness (QED) is 0.147. The predicted octanol–water partition coefficient (Wildman–Crippen LogP) is 10.4. The van der Waals surface area contributed by atoms with Crippen LogP contribution in [-0.4, -0.2) is 28.7 Å². The number of aromatic nitrogens is 1. The first-order valence-corrected chi connectivity index (χ1v) is 17.0. The molecule has 8 rings (SSSR count). The van der Waals surface area contributed by atoms with Crippen LogP contribution in [0, 0.1) is 0 Å². The highest BCUT2D eigenvalue weighted by Gasteiger charge is 2.34. The molecule has 48 heavy (non-hydrogen) atoms. The zero-order chi connectivity index (χ0) is 32.8. The van der Waals surface area contributed by atoms with Gasteiger partial charge in [0, 0.05) is 64.0 Å². The number of aromatic carboxylic acids is 1. The van der Waals surface area contributed by atoms with E-state index in [0.717, 1.165) is 93.8 Å². The molecule has 3 heterocycles. The SMILES string of the molecule is CCCCN(CCCC)c1ccc2c(c1)oc1c3c(c4c(c5ccccc5n4Cc4ccccc4)c12)NC(c1ccc(C(=O)O)cc1)O3. The lowest BCUT2D eigenvalue weighted by Gasteiger charge is -2.24. The molecule has 1 aliphatic heterocycles. The summed E-state index contributed by atoms with van der Waals surface area (Å²) >= 11 is 0. The minimum atomic E-state index is -0.955. The van der Waals surface area contributed by atoms with E-state index in [1.165, 1.54) is 11.3 Å². The number of carboxylic acids is 1. The Bertz CT molecular complexity index is 2280. The second kappa shape index (κ2) is 12.3. The van der Waals surface area contributed by atoms with Gasteiger partial charge in [0.1, 0.15) is 11.3 Å². The summed E-state index contributed by atoms with van der Waals surface area (Å²) in [6.07, 6.45) is 4.08. The zero-order valence-corrected chi connectivity index (χ0v) is 27.3. The molecule has 0 saturated heterocycles. The number of hydrogen-bond donors (Lipinski definition) is 2. The third kappa shape index (κ3) is 5.01. The molecule has 1 atom stereocenters. The van der Waals surface area contributed by atoms with Gasteiger partial charge in [0.2, 0.25) is 0 Å². The van der Waals surface area contributed by atoms with Crippen LogP contribution in [0.1, 0.15) is 67.2 Å². The largest absolute Gasteiger partial charge is 0.478 e. The summed E-state index contributed by atoms with van der Waals surface area (Å²) in [5, 5.41) is 17.6. The molecule has 7 aromatic rings. The lowest BCUT2D eigenvalue weighted by Crippen LogP contribution is -2.25. The van der Waals surface area contributed by atoms with Crippen LogP contribution in [0.5, 0.6) is 5.75 Å². The first-order chi connectivity index (χ1) is 23.6. The smallest absolute Gasteiger partial charge is 0.335 e. The summed E-state index contributed by atoms with van der Waals surface area (Å²) in [5.41, 5.74) is 8.10. The summed E-state index contributed by atoms with van der Waals surface area (Å²) in [4.78, 5) is 14.1. The van der Waals surface area contributed by atoms with Gasteiger partial charge in [-0.1, -0.05) is 87.4 Å². The molecule has 5 aromatic carbocycles. The van der Waals surface area contributed by atoms with Crippen molar-refractivity contribution < 1.29 is 19.1 Å². The van der Waals surface area contributed by atoms with Crippen molar-refractivity contribution in [2.24, 2.45) is 0 Å². The van der Waals surface area contributed by atoms with Crippen LogP contribution in [0.3, 0.4) is 0 Å². The average Bonchev–Trinajstić information content (AvgIpc) is 3.81. The number of ether oxygens (including phenoxy) is 1. The van der Waals surface area contributed by atoms with Crippen molar-refractivity contribution >= 4 is 61.1 Å². The molecule has 242 valence electrons. The molecular weight excluding hydrogens is 598 g/mol. The number of anilines is 2. The number of furan rings is 1. The number of fused-ring (bicyclic) bond motifs is 10. The molecule has 0 saturated carbocycles. The monoisotopic (exact) mass is 637 g/mol. The number of unbranched alkanes of at least 4 members (excludes halogenated alkanes) is 2. The number of para-hydroxylation sites is 1. The highest BCUT2D eigenvalue weighted by molar-refractivity contribution is 6.31. The standard InChI is InChI=1S/C41H39N3O4/c1-3-5-22-43(23-6-4-2)29-20-21-31-33(24-29)47-38-35(31)34-30-14-10-11-15-32(30)44(25-26-12-8-7-9-13-26)37(34)36-39(38)48-40(42-36)27-16-18-28(19-17-27)41(45)46/h7-21,24,40,42H,3-6,22-23,25H2,1-2H3,(H,45,46). The van der Waals surface area contributed by atoms with Crippen molar-refractivity contribution in [2.45, 2.75) is 52.3 Å². The molecule has 0 spiro atoms. The molecule has 0 fully saturated rings. The maximum atomic E-state index is 11.6. The van der Waals surface area contributed by atoms with Crippen LogP contribution in [-0.2, 0) is 6.54 Å². The Balaban J connectivity index is 1.38. The summed E-state index contributed by atoms with van der Waals surface area (Å²) in [6, 6.07) is 32.6. The van der Waals surface area contributed by atoms with E-state index in [2.05, 4.69) is 95.4 Å². The fourth-order valence-corrected chi connectivity index (χ4v) is 7.20. The van der Waals surface area contributed by atoms with Crippen molar-refractivity contribution in [1.29, 1.82) is 0 Å². The van der Waals surface area contributed by atoms with Crippen LogP contribution < -0.4 is 15.0 Å². The third-order valence-electron chi connectivity index (χ3n) is 9.65. The van der Waals surface area contributed by atoms with Crippen LogP contribution in [0.4, 0.5) is 11.4 Å². The van der Waals surface area contributed by atoms with Crippen LogP contribution >= 0.6 is 0 Å². The van der Waals surface area contributed by atoms with Crippen LogP contribution in [0.2, 0.25) is 0 Å². The normalized spacial score (nSPS) is 14.1. The summed E-state index contributed by atoms with van der Waals surface area (Å²) in [6.45, 7) is 7.20. The van der Waals surface area contributed by atoms with Gasteiger partial charge in [-0.3, -0.25) is 0 Å². The fraction of sp³-hybridized carbons (Fsp3) is 0.244. The molecular formula is C41H39N3O4. The van der Waals surface area contributed by atoms with Gasteiger partial charge in [0.15, 0.2) is 17.6 Å². The molecule has 0 radical (unpaired) electrons. The summed E-state index contributed by atoms with van der Waals surface area (Å²) in [5.74, 6) is -0.280. The van der Waals surface area contributed by atoms with E-state index >= 15 is 0 Å². The van der Waals surface area contributed by atoms with E-state index in [0.29, 0.717) is 12.3 Å². The van der Waals surface area contributed by atoms with Crippen molar-refractivity contribution in [1.82, 2.24) is 4.57 Å². The first-order valence-electron chi connectivity index (χ1n) is 17.0. The van der Waals surface area contributed by atoms with E-state index in [1.54, 1.807) is 12.1 Å². The number of benzene rings is 5. The fourth-order valence-electron chi connectivity index (χ4n) is 7.20. The van der Waals surface area contributed by atoms with E-state index in [-0.39, 0.29) is 5.56 Å². The number of carboxylic acid groups (broad SMARTS) is 1. The highest BCUT2D eigenvalue weighted by atomic mass is 16.5. The van der Waals surface area contributed by atoms with Crippen molar-refractivity contribution in [3.05, 3.63) is 114 Å². The van der Waals surface area contributed by atoms with Gasteiger partial charge in [-0.15, -0.1) is 0 Å². The Kier molecular flexibility index (Phi) is 7.67. The Hall–Kier alpha value is -5.43. The molecule has 7 nitrogen and oxygen atoms in total. The minimum Gasteiger partial charge on any atom is -0.478 e. The lowest BCUT2D eigenvalue weighted by atomic mass is 10.0. The van der Waals surface area contributed by atoms with Gasteiger partial charge in [-0.2, -0.15) is 0 Å². The van der Waals surface area contributed by atoms with E-state index in [9.17, 15) is 9.90 Å². The Morgan fingerprint density at radius 2 is 1.58 bits per heavy atom. The van der Waals surface area contributed by atoms with Gasteiger partial charge < -0.3 is 29.0 Å². The highest BCUT2D eigenvalue weighted by Crippen LogP contribution is 2.54. The molecule has 1 unspecified atom stereocenters. The molecule has 0 aliphatic carbocycles. The van der Waals surface area contributed by atoms with Crippen molar-refractivity contribution in [3.63, 3.8) is 0 Å². The Morgan fingerprint density at radius 3 is 2.31 bits per heavy atom. The molecule has 0 bridgehead atoms. The van der Waals surface area contributed by atoms with E-state index < -0.39 is 12.2 Å². The average molecular weight is 638 g/mol. The first kappa shape index (κ1) is 29.9. The van der Waals surface area contributed by atoms with Crippen LogP contribution in [0.15, 0.2) is 101 Å². The summed E-state index contributed by atoms with van der Waals surface area (Å²) in [7, 11) is 0. The number of rotatable bonds is 11. The second-order valence-electron chi connectivity index (χ2n) is 12.8. The maximum Gasteiger partial charge on any atom is 0.335 e. The molecule has 0 amide bonds. The number of hydrogen-bond acceptors (Lipinski definition) is 5. The van der Waals surface area contributed by atoms with E-state index in [4.69, 9.17) is 9.15 Å². The topological polar surface area (TPSA) is 79.9 Å². The molecule has 2 aromatic heterocycles. The predicted molar refractivity (Wildman–Crippen MR) is 195 cm³/mol. The van der Waals surface area contributed by atoms with E-state index in [1.807, 2.05) is 18.2 Å². The van der Waals surface area contributed by atoms with Gasteiger partial charge in [0.05, 0.1) is 11.1 Å². The van der Waals surface area contributed by atoms with Gasteiger partial charge in [0.25, 0.3) is 0 Å². The maximum absolute atomic E-state index is 11.6. The van der Waals surface area contributed by atoms with Gasteiger partial charge in [-0.25, -0.2) is 4.79 Å². The van der Waals surface area contributed by atoms with Gasteiger partial charge >= 0.3 is 5.97 Å². The number of carbonyl (C=O) groups is 1. The third-order valence-corrected chi connectivity index (χ3v) is 9.65. The lowest BCUT2D eigenvalue weighted by molar-refractivity contribution is 0.0696. The Labute approximate surface area is 279 Å². The van der Waals surface area contributed by atoms with Crippen molar-refractivity contribution in [3.8, 4) is 5.75 Å². The molecule has 1 aliphatic rings. The summed E-state index contributed by atoms with van der Waals surface area (Å²) < 4.78 is 16.0. The Morgan fingerprint density at radius 1 is 0.854 bits per heavy atom. The second-order valence-corrected chi connectivity index (χ2v) is 12.8. The van der Waals surface area contributed by atoms with Crippen LogP contribution in [0.25, 0.3) is 43.7 Å². The zero-order valence-electron chi connectivity index (χ0n) is 27.3. The molecule has 2 N–H and O–H groups in total.